The summed E-state index contributed by atoms with van der Waals surface area (Å²) in [7, 11) is 3.06. The van der Waals surface area contributed by atoms with E-state index in [4.69, 9.17) is 33.9 Å². The van der Waals surface area contributed by atoms with E-state index < -0.39 is 0 Å². The molecule has 2 aromatic rings. The molecular weight excluding hydrogens is 360 g/mol. The quantitative estimate of drug-likeness (QED) is 0.703. The number of aromatic nitrogens is 2. The second-order valence-corrected chi connectivity index (χ2v) is 6.69. The van der Waals surface area contributed by atoms with Gasteiger partial charge in [0, 0.05) is 12.1 Å². The third-order valence-corrected chi connectivity index (χ3v) is 4.80. The summed E-state index contributed by atoms with van der Waals surface area (Å²) in [6.07, 6.45) is 4.55. The highest BCUT2D eigenvalue weighted by Crippen LogP contribution is 2.29. The third-order valence-electron chi connectivity index (χ3n) is 4.31. The summed E-state index contributed by atoms with van der Waals surface area (Å²) in [5.41, 5.74) is 3.14. The zero-order valence-electron chi connectivity index (χ0n) is 14.0. The molecule has 1 aliphatic rings. The van der Waals surface area contributed by atoms with Crippen LogP contribution in [0.2, 0.25) is 0 Å². The standard InChI is InChI=1S/C16H20N4O3S2/c1-22-12-7-10-11(8-13(12)23-2)18-16(25)20(14(10)21)19-15(24)17-9-5-3-4-6-9/h7-9H,3-6H2,1-2H3,(H,18,25)(H2,17,19,24). The lowest BCUT2D eigenvalue weighted by Crippen LogP contribution is -2.43. The van der Waals surface area contributed by atoms with E-state index >= 15 is 0 Å². The minimum atomic E-state index is -0.310. The molecule has 134 valence electrons. The van der Waals surface area contributed by atoms with Crippen molar-refractivity contribution in [1.82, 2.24) is 15.0 Å². The predicted molar refractivity (Wildman–Crippen MR) is 104 cm³/mol. The monoisotopic (exact) mass is 380 g/mol. The minimum absolute atomic E-state index is 0.222. The van der Waals surface area contributed by atoms with E-state index in [1.165, 1.54) is 31.7 Å². The van der Waals surface area contributed by atoms with Crippen molar-refractivity contribution in [2.45, 2.75) is 31.7 Å². The van der Waals surface area contributed by atoms with Gasteiger partial charge in [-0.1, -0.05) is 12.8 Å². The Bertz CT molecular complexity index is 916. The normalized spacial score (nSPS) is 14.5. The second kappa shape index (κ2) is 7.40. The average Bonchev–Trinajstić information content (AvgIpc) is 3.10. The molecule has 3 N–H and O–H groups in total. The Morgan fingerprint density at radius 2 is 1.88 bits per heavy atom. The maximum absolute atomic E-state index is 12.8. The summed E-state index contributed by atoms with van der Waals surface area (Å²) in [6, 6.07) is 3.65. The van der Waals surface area contributed by atoms with Gasteiger partial charge in [-0.2, -0.15) is 4.68 Å². The highest BCUT2D eigenvalue weighted by Gasteiger charge is 2.17. The summed E-state index contributed by atoms with van der Waals surface area (Å²) >= 11 is 10.6. The Balaban J connectivity index is 1.96. The summed E-state index contributed by atoms with van der Waals surface area (Å²) in [4.78, 5) is 15.8. The number of ether oxygens (including phenoxy) is 2. The first-order valence-electron chi connectivity index (χ1n) is 8.02. The van der Waals surface area contributed by atoms with E-state index in [0.717, 1.165) is 12.8 Å². The first-order chi connectivity index (χ1) is 12.0. The molecule has 0 spiro atoms. The van der Waals surface area contributed by atoms with Crippen LogP contribution >= 0.6 is 24.4 Å². The van der Waals surface area contributed by atoms with Gasteiger partial charge < -0.3 is 19.8 Å². The van der Waals surface area contributed by atoms with E-state index in [2.05, 4.69) is 15.7 Å². The van der Waals surface area contributed by atoms with E-state index in [0.29, 0.717) is 33.6 Å². The molecule has 0 aliphatic heterocycles. The lowest BCUT2D eigenvalue weighted by molar-refractivity contribution is 0.355. The smallest absolute Gasteiger partial charge is 0.281 e. The van der Waals surface area contributed by atoms with Crippen molar-refractivity contribution >= 4 is 40.5 Å². The Morgan fingerprint density at radius 3 is 2.52 bits per heavy atom. The van der Waals surface area contributed by atoms with Crippen molar-refractivity contribution in [2.75, 3.05) is 19.6 Å². The van der Waals surface area contributed by atoms with E-state index in [-0.39, 0.29) is 10.3 Å². The predicted octanol–water partition coefficient (Wildman–Crippen LogP) is 2.44. The number of methoxy groups -OCH3 is 2. The maximum atomic E-state index is 12.8. The number of benzene rings is 1. The van der Waals surface area contributed by atoms with Crippen molar-refractivity contribution in [2.24, 2.45) is 0 Å². The van der Waals surface area contributed by atoms with Crippen LogP contribution in [0.1, 0.15) is 25.7 Å². The average molecular weight is 380 g/mol. The van der Waals surface area contributed by atoms with Crippen LogP contribution in [-0.2, 0) is 0 Å². The summed E-state index contributed by atoms with van der Waals surface area (Å²) < 4.78 is 12.0. The molecule has 0 unspecified atom stereocenters. The van der Waals surface area contributed by atoms with Gasteiger partial charge >= 0.3 is 0 Å². The molecule has 9 heteroatoms. The molecule has 0 bridgehead atoms. The molecule has 7 nitrogen and oxygen atoms in total. The van der Waals surface area contributed by atoms with Crippen LogP contribution in [0.4, 0.5) is 0 Å². The lowest BCUT2D eigenvalue weighted by Gasteiger charge is -2.17. The van der Waals surface area contributed by atoms with Gasteiger partial charge in [0.05, 0.1) is 25.1 Å². The molecule has 1 saturated carbocycles. The van der Waals surface area contributed by atoms with Crippen LogP contribution in [0.15, 0.2) is 16.9 Å². The van der Waals surface area contributed by atoms with Crippen molar-refractivity contribution < 1.29 is 9.47 Å². The fraction of sp³-hybridized carbons (Fsp3) is 0.438. The van der Waals surface area contributed by atoms with Crippen molar-refractivity contribution in [1.29, 1.82) is 0 Å². The highest BCUT2D eigenvalue weighted by atomic mass is 32.1. The lowest BCUT2D eigenvalue weighted by atomic mass is 10.2. The van der Waals surface area contributed by atoms with Crippen LogP contribution in [0.25, 0.3) is 10.9 Å². The summed E-state index contributed by atoms with van der Waals surface area (Å²) in [5, 5.41) is 4.03. The molecule has 1 fully saturated rings. The molecule has 0 amide bonds. The minimum Gasteiger partial charge on any atom is -0.493 e. The zero-order chi connectivity index (χ0) is 18.0. The van der Waals surface area contributed by atoms with Crippen LogP contribution in [0, 0.1) is 4.77 Å². The number of H-pyrrole nitrogens is 1. The number of hydrogen-bond acceptors (Lipinski definition) is 5. The topological polar surface area (TPSA) is 80.3 Å². The molecule has 0 saturated heterocycles. The number of thiocarbonyl (C=S) groups is 1. The second-order valence-electron chi connectivity index (χ2n) is 5.89. The molecule has 25 heavy (non-hydrogen) atoms. The Hall–Kier alpha value is -2.13. The maximum Gasteiger partial charge on any atom is 0.281 e. The SMILES string of the molecule is COc1cc2[nH]c(=S)n(NC(=S)NC3CCCC3)c(=O)c2cc1OC. The Labute approximate surface area is 155 Å². The van der Waals surface area contributed by atoms with Gasteiger partial charge in [-0.25, -0.2) is 0 Å². The van der Waals surface area contributed by atoms with Gasteiger partial charge in [-0.15, -0.1) is 0 Å². The summed E-state index contributed by atoms with van der Waals surface area (Å²) in [5.74, 6) is 0.986. The van der Waals surface area contributed by atoms with Gasteiger partial charge in [-0.3, -0.25) is 10.2 Å². The molecule has 1 aliphatic carbocycles. The van der Waals surface area contributed by atoms with Gasteiger partial charge in [0.1, 0.15) is 0 Å². The molecule has 1 aromatic heterocycles. The molecular formula is C16H20N4O3S2. The van der Waals surface area contributed by atoms with Gasteiger partial charge in [0.15, 0.2) is 21.4 Å². The molecule has 3 rings (SSSR count). The van der Waals surface area contributed by atoms with E-state index in [1.807, 2.05) is 0 Å². The number of hydrogen-bond donors (Lipinski definition) is 3. The van der Waals surface area contributed by atoms with Crippen LogP contribution in [0.5, 0.6) is 11.5 Å². The highest BCUT2D eigenvalue weighted by molar-refractivity contribution is 7.80. The largest absolute Gasteiger partial charge is 0.493 e. The molecule has 1 aromatic carbocycles. The first kappa shape index (κ1) is 17.7. The van der Waals surface area contributed by atoms with Crippen LogP contribution in [0.3, 0.4) is 0 Å². The van der Waals surface area contributed by atoms with Crippen LogP contribution < -0.4 is 25.8 Å². The fourth-order valence-electron chi connectivity index (χ4n) is 3.03. The summed E-state index contributed by atoms with van der Waals surface area (Å²) in [6.45, 7) is 0. The van der Waals surface area contributed by atoms with Gasteiger partial charge in [0.25, 0.3) is 5.56 Å². The van der Waals surface area contributed by atoms with Crippen molar-refractivity contribution in [3.05, 3.63) is 27.3 Å². The molecule has 0 atom stereocenters. The zero-order valence-corrected chi connectivity index (χ0v) is 15.7. The number of rotatable bonds is 4. The molecule has 1 heterocycles. The van der Waals surface area contributed by atoms with E-state index in [1.54, 1.807) is 12.1 Å². The Kier molecular flexibility index (Phi) is 5.24. The molecule has 0 radical (unpaired) electrons. The fourth-order valence-corrected chi connectivity index (χ4v) is 3.53. The van der Waals surface area contributed by atoms with Crippen molar-refractivity contribution in [3.8, 4) is 11.5 Å². The Morgan fingerprint density at radius 1 is 1.24 bits per heavy atom. The third kappa shape index (κ3) is 3.62. The number of nitrogens with zero attached hydrogens (tertiary/aromatic N) is 1. The first-order valence-corrected chi connectivity index (χ1v) is 8.83. The van der Waals surface area contributed by atoms with Gasteiger partial charge in [0.2, 0.25) is 0 Å². The number of fused-ring (bicyclic) bond motifs is 1. The van der Waals surface area contributed by atoms with Crippen LogP contribution in [-0.4, -0.2) is 35.0 Å². The van der Waals surface area contributed by atoms with Crippen molar-refractivity contribution in [3.63, 3.8) is 0 Å². The number of aromatic amines is 1. The van der Waals surface area contributed by atoms with E-state index in [9.17, 15) is 4.79 Å². The number of nitrogens with one attached hydrogen (secondary N) is 3. The van der Waals surface area contributed by atoms with Gasteiger partial charge in [-0.05, 0) is 43.3 Å².